The van der Waals surface area contributed by atoms with Crippen LogP contribution in [-0.4, -0.2) is 0 Å². The van der Waals surface area contributed by atoms with Gasteiger partial charge >= 0.3 is 0 Å². The summed E-state index contributed by atoms with van der Waals surface area (Å²) >= 11 is 0. The summed E-state index contributed by atoms with van der Waals surface area (Å²) in [6, 6.07) is 8.55. The molecule has 0 bridgehead atoms. The normalized spacial score (nSPS) is 10.3. The molecule has 0 aliphatic heterocycles. The fourth-order valence-corrected chi connectivity index (χ4v) is 1.90. The first-order valence-electron chi connectivity index (χ1n) is 6.50. The first-order valence-corrected chi connectivity index (χ1v) is 6.50. The fraction of sp³-hybridized carbons (Fsp3) is 0.500. The summed E-state index contributed by atoms with van der Waals surface area (Å²) < 4.78 is 0. The molecule has 0 heteroatoms. The van der Waals surface area contributed by atoms with Crippen molar-refractivity contribution >= 4 is 6.08 Å². The molecule has 16 heavy (non-hydrogen) atoms. The number of benzene rings is 1. The van der Waals surface area contributed by atoms with Gasteiger partial charge in [-0.15, -0.1) is 0 Å². The average Bonchev–Trinajstić information content (AvgIpc) is 2.34. The van der Waals surface area contributed by atoms with Crippen molar-refractivity contribution in [3.63, 3.8) is 0 Å². The standard InChI is InChI=1S/C16H23/c1-3-5-6-7-8-9-10-16-13-11-15(4-2)12-14-16/h2,4,11-14H,3,5-10H2,1H3. The number of unbranched alkanes of at least 4 members (excludes halogenated alkanes) is 5. The van der Waals surface area contributed by atoms with E-state index in [2.05, 4.69) is 31.2 Å². The van der Waals surface area contributed by atoms with Crippen LogP contribution in [0.5, 0.6) is 0 Å². The summed E-state index contributed by atoms with van der Waals surface area (Å²) in [6.45, 7) is 7.70. The van der Waals surface area contributed by atoms with Crippen LogP contribution in [0.3, 0.4) is 0 Å². The van der Waals surface area contributed by atoms with E-state index in [1.165, 1.54) is 50.5 Å². The lowest BCUT2D eigenvalue weighted by Crippen LogP contribution is -1.86. The molecule has 0 saturated heterocycles. The lowest BCUT2D eigenvalue weighted by Gasteiger charge is -2.02. The fourth-order valence-electron chi connectivity index (χ4n) is 1.90. The molecule has 0 atom stereocenters. The van der Waals surface area contributed by atoms with Crippen LogP contribution < -0.4 is 0 Å². The van der Waals surface area contributed by atoms with Gasteiger partial charge in [-0.2, -0.15) is 0 Å². The predicted molar refractivity (Wildman–Crippen MR) is 72.3 cm³/mol. The molecule has 0 nitrogen and oxygen atoms in total. The van der Waals surface area contributed by atoms with Crippen molar-refractivity contribution < 1.29 is 0 Å². The van der Waals surface area contributed by atoms with Gasteiger partial charge in [0.25, 0.3) is 0 Å². The predicted octanol–water partition coefficient (Wildman–Crippen LogP) is 5.04. The summed E-state index contributed by atoms with van der Waals surface area (Å²) in [5.41, 5.74) is 2.53. The van der Waals surface area contributed by atoms with Crippen LogP contribution >= 0.6 is 0 Å². The van der Waals surface area contributed by atoms with Crippen LogP contribution in [-0.2, 0) is 6.42 Å². The highest BCUT2D eigenvalue weighted by atomic mass is 14.0. The van der Waals surface area contributed by atoms with Gasteiger partial charge in [0, 0.05) is 0 Å². The quantitative estimate of drug-likeness (QED) is 0.533. The molecule has 0 amide bonds. The first-order chi connectivity index (χ1) is 7.86. The Labute approximate surface area is 100 Å². The maximum Gasteiger partial charge on any atom is -0.0256 e. The molecule has 0 aromatic heterocycles. The van der Waals surface area contributed by atoms with E-state index in [-0.39, 0.29) is 0 Å². The smallest absolute Gasteiger partial charge is 0.0256 e. The van der Waals surface area contributed by atoms with E-state index in [1.807, 2.05) is 0 Å². The van der Waals surface area contributed by atoms with Gasteiger partial charge in [0.1, 0.15) is 0 Å². The number of rotatable bonds is 8. The molecule has 0 fully saturated rings. The summed E-state index contributed by atoms with van der Waals surface area (Å²) in [4.78, 5) is 0. The van der Waals surface area contributed by atoms with Crippen molar-refractivity contribution in [2.24, 2.45) is 0 Å². The lowest BCUT2D eigenvalue weighted by atomic mass is 10.0. The molecule has 87 valence electrons. The average molecular weight is 215 g/mol. The van der Waals surface area contributed by atoms with E-state index in [0.29, 0.717) is 0 Å². The maximum atomic E-state index is 5.44. The van der Waals surface area contributed by atoms with Crippen LogP contribution in [0.1, 0.15) is 56.6 Å². The topological polar surface area (TPSA) is 0 Å². The number of hydrogen-bond donors (Lipinski definition) is 0. The molecule has 0 aliphatic carbocycles. The third-order valence-corrected chi connectivity index (χ3v) is 2.99. The second-order valence-corrected chi connectivity index (χ2v) is 4.43. The molecule has 1 aromatic rings. The van der Waals surface area contributed by atoms with Crippen molar-refractivity contribution in [3.05, 3.63) is 42.0 Å². The highest BCUT2D eigenvalue weighted by molar-refractivity contribution is 5.45. The van der Waals surface area contributed by atoms with E-state index in [4.69, 9.17) is 6.58 Å². The Morgan fingerprint density at radius 2 is 1.56 bits per heavy atom. The zero-order valence-corrected chi connectivity index (χ0v) is 10.4. The Bertz CT molecular complexity index is 281. The van der Waals surface area contributed by atoms with Crippen LogP contribution in [0, 0.1) is 6.58 Å². The maximum absolute atomic E-state index is 5.44. The third-order valence-electron chi connectivity index (χ3n) is 2.99. The van der Waals surface area contributed by atoms with Gasteiger partial charge in [-0.3, -0.25) is 0 Å². The van der Waals surface area contributed by atoms with Gasteiger partial charge in [-0.25, -0.2) is 0 Å². The van der Waals surface area contributed by atoms with Crippen LogP contribution in [0.15, 0.2) is 24.3 Å². The molecule has 0 aliphatic rings. The van der Waals surface area contributed by atoms with Gasteiger partial charge < -0.3 is 0 Å². The van der Waals surface area contributed by atoms with E-state index in [9.17, 15) is 0 Å². The van der Waals surface area contributed by atoms with E-state index in [1.54, 1.807) is 6.08 Å². The van der Waals surface area contributed by atoms with Crippen molar-refractivity contribution in [1.29, 1.82) is 0 Å². The minimum atomic E-state index is 1.10. The monoisotopic (exact) mass is 215 g/mol. The largest absolute Gasteiger partial charge is 0.0654 e. The van der Waals surface area contributed by atoms with Crippen molar-refractivity contribution in [2.75, 3.05) is 0 Å². The van der Waals surface area contributed by atoms with Crippen LogP contribution in [0.4, 0.5) is 0 Å². The van der Waals surface area contributed by atoms with E-state index in [0.717, 1.165) is 5.56 Å². The van der Waals surface area contributed by atoms with E-state index >= 15 is 0 Å². The molecular formula is C16H23. The Balaban J connectivity index is 2.14. The second-order valence-electron chi connectivity index (χ2n) is 4.43. The lowest BCUT2D eigenvalue weighted by molar-refractivity contribution is 0.607. The Kier molecular flexibility index (Phi) is 6.64. The molecule has 0 spiro atoms. The van der Waals surface area contributed by atoms with Crippen LogP contribution in [0.2, 0.25) is 0 Å². The molecule has 1 radical (unpaired) electrons. The molecular weight excluding hydrogens is 192 g/mol. The number of hydrogen-bond acceptors (Lipinski definition) is 0. The Hall–Kier alpha value is -1.04. The van der Waals surface area contributed by atoms with E-state index < -0.39 is 0 Å². The summed E-state index contributed by atoms with van der Waals surface area (Å²) in [6.07, 6.45) is 11.0. The summed E-state index contributed by atoms with van der Waals surface area (Å²) in [7, 11) is 0. The van der Waals surface area contributed by atoms with Crippen molar-refractivity contribution in [3.8, 4) is 0 Å². The van der Waals surface area contributed by atoms with Crippen molar-refractivity contribution in [1.82, 2.24) is 0 Å². The Morgan fingerprint density at radius 3 is 2.19 bits per heavy atom. The number of aryl methyl sites for hydroxylation is 1. The molecule has 1 rings (SSSR count). The molecule has 0 unspecified atom stereocenters. The SMILES string of the molecule is [CH]=Cc1ccc(CCCCCCCC)cc1. The zero-order chi connectivity index (χ0) is 11.6. The van der Waals surface area contributed by atoms with Crippen molar-refractivity contribution in [2.45, 2.75) is 51.9 Å². The summed E-state index contributed by atoms with van der Waals surface area (Å²) in [5, 5.41) is 0. The summed E-state index contributed by atoms with van der Waals surface area (Å²) in [5.74, 6) is 0. The highest BCUT2D eigenvalue weighted by Gasteiger charge is 1.94. The zero-order valence-electron chi connectivity index (χ0n) is 10.4. The minimum Gasteiger partial charge on any atom is -0.0654 e. The molecule has 0 heterocycles. The van der Waals surface area contributed by atoms with Gasteiger partial charge in [0.15, 0.2) is 0 Å². The molecule has 0 N–H and O–H groups in total. The minimum absolute atomic E-state index is 1.10. The van der Waals surface area contributed by atoms with Crippen LogP contribution in [0.25, 0.3) is 6.08 Å². The Morgan fingerprint density at radius 1 is 0.938 bits per heavy atom. The second kappa shape index (κ2) is 8.15. The van der Waals surface area contributed by atoms with Gasteiger partial charge in [-0.1, -0.05) is 75.9 Å². The molecule has 0 saturated carbocycles. The highest BCUT2D eigenvalue weighted by Crippen LogP contribution is 2.11. The molecule has 1 aromatic carbocycles. The third kappa shape index (κ3) is 5.16. The van der Waals surface area contributed by atoms with Gasteiger partial charge in [-0.05, 0) is 24.0 Å². The first kappa shape index (κ1) is 13.0. The van der Waals surface area contributed by atoms with Gasteiger partial charge in [0.2, 0.25) is 0 Å². The van der Waals surface area contributed by atoms with Gasteiger partial charge in [0.05, 0.1) is 0 Å².